The van der Waals surface area contributed by atoms with Gasteiger partial charge in [-0.2, -0.15) is 0 Å². The minimum Gasteiger partial charge on any atom is -0.497 e. The van der Waals surface area contributed by atoms with Gasteiger partial charge in [-0.25, -0.2) is 0 Å². The van der Waals surface area contributed by atoms with Crippen molar-refractivity contribution in [2.24, 2.45) is 0 Å². The number of benzene rings is 2. The second kappa shape index (κ2) is 7.59. The Morgan fingerprint density at radius 2 is 1.86 bits per heavy atom. The molecule has 1 amide bonds. The maximum Gasteiger partial charge on any atom is 0.234 e. The number of carbonyl (C=O) groups is 1. The summed E-state index contributed by atoms with van der Waals surface area (Å²) in [6, 6.07) is 12.4. The zero-order chi connectivity index (χ0) is 15.2. The maximum absolute atomic E-state index is 11.9. The number of anilines is 1. The number of thioether (sulfide) groups is 1. The summed E-state index contributed by atoms with van der Waals surface area (Å²) in [5.74, 6) is 0.777. The molecule has 6 heteroatoms. The Balaban J connectivity index is 1.96. The van der Waals surface area contributed by atoms with E-state index in [0.29, 0.717) is 26.4 Å². The Hall–Kier alpha value is -1.36. The molecule has 3 nitrogen and oxygen atoms in total. The summed E-state index contributed by atoms with van der Waals surface area (Å²) in [6.45, 7) is 0. The molecule has 21 heavy (non-hydrogen) atoms. The maximum atomic E-state index is 11.9. The molecule has 0 atom stereocenters. The van der Waals surface area contributed by atoms with Crippen LogP contribution in [0.1, 0.15) is 0 Å². The number of hydrogen-bond acceptors (Lipinski definition) is 3. The SMILES string of the molecule is COc1cccc(NC(=O)CSc2c(Cl)cccc2Cl)c1. The van der Waals surface area contributed by atoms with Crippen LogP contribution in [0.15, 0.2) is 47.4 Å². The highest BCUT2D eigenvalue weighted by atomic mass is 35.5. The van der Waals surface area contributed by atoms with Gasteiger partial charge in [0.1, 0.15) is 5.75 Å². The molecule has 0 heterocycles. The normalized spacial score (nSPS) is 10.2. The van der Waals surface area contributed by atoms with Crippen LogP contribution >= 0.6 is 35.0 Å². The molecule has 0 aromatic heterocycles. The van der Waals surface area contributed by atoms with E-state index in [1.165, 1.54) is 11.8 Å². The number of rotatable bonds is 5. The van der Waals surface area contributed by atoms with Gasteiger partial charge >= 0.3 is 0 Å². The molecule has 0 spiro atoms. The molecule has 2 aromatic rings. The van der Waals surface area contributed by atoms with E-state index in [-0.39, 0.29) is 11.7 Å². The topological polar surface area (TPSA) is 38.3 Å². The summed E-state index contributed by atoms with van der Waals surface area (Å²) in [7, 11) is 1.58. The summed E-state index contributed by atoms with van der Waals surface area (Å²) in [5.41, 5.74) is 0.685. The molecule has 0 saturated heterocycles. The summed E-state index contributed by atoms with van der Waals surface area (Å²) in [4.78, 5) is 12.7. The Labute approximate surface area is 137 Å². The number of carbonyl (C=O) groups excluding carboxylic acids is 1. The van der Waals surface area contributed by atoms with Crippen molar-refractivity contribution in [3.8, 4) is 5.75 Å². The average Bonchev–Trinajstić information content (AvgIpc) is 2.47. The van der Waals surface area contributed by atoms with E-state index >= 15 is 0 Å². The average molecular weight is 342 g/mol. The zero-order valence-electron chi connectivity index (χ0n) is 11.2. The van der Waals surface area contributed by atoms with Crippen molar-refractivity contribution >= 4 is 46.6 Å². The smallest absolute Gasteiger partial charge is 0.234 e. The molecule has 0 aliphatic rings. The highest BCUT2D eigenvalue weighted by Gasteiger charge is 2.09. The highest BCUT2D eigenvalue weighted by molar-refractivity contribution is 8.00. The van der Waals surface area contributed by atoms with Crippen molar-refractivity contribution < 1.29 is 9.53 Å². The van der Waals surface area contributed by atoms with Crippen molar-refractivity contribution in [1.82, 2.24) is 0 Å². The predicted octanol–water partition coefficient (Wildman–Crippen LogP) is 4.73. The Morgan fingerprint density at radius 1 is 1.19 bits per heavy atom. The fraction of sp³-hybridized carbons (Fsp3) is 0.133. The van der Waals surface area contributed by atoms with Crippen molar-refractivity contribution in [1.29, 1.82) is 0 Å². The predicted molar refractivity (Wildman–Crippen MR) is 88.8 cm³/mol. The number of ether oxygens (including phenoxy) is 1. The summed E-state index contributed by atoms with van der Waals surface area (Å²) >= 11 is 13.4. The van der Waals surface area contributed by atoms with E-state index in [0.717, 1.165) is 0 Å². The lowest BCUT2D eigenvalue weighted by Gasteiger charge is -2.08. The molecule has 0 saturated carbocycles. The Morgan fingerprint density at radius 3 is 2.52 bits per heavy atom. The second-order valence-corrected chi connectivity index (χ2v) is 5.92. The molecule has 0 aliphatic carbocycles. The third kappa shape index (κ3) is 4.56. The lowest BCUT2D eigenvalue weighted by atomic mass is 10.3. The zero-order valence-corrected chi connectivity index (χ0v) is 13.6. The van der Waals surface area contributed by atoms with E-state index < -0.39 is 0 Å². The lowest BCUT2D eigenvalue weighted by Crippen LogP contribution is -2.14. The van der Waals surface area contributed by atoms with Crippen LogP contribution in [0.4, 0.5) is 5.69 Å². The largest absolute Gasteiger partial charge is 0.497 e. The van der Waals surface area contributed by atoms with Crippen molar-refractivity contribution in [3.05, 3.63) is 52.5 Å². The number of nitrogens with one attached hydrogen (secondary N) is 1. The van der Waals surface area contributed by atoms with Gasteiger partial charge in [-0.1, -0.05) is 35.3 Å². The quantitative estimate of drug-likeness (QED) is 0.798. The van der Waals surface area contributed by atoms with Gasteiger partial charge in [0.2, 0.25) is 5.91 Å². The first-order valence-electron chi connectivity index (χ1n) is 6.11. The van der Waals surface area contributed by atoms with E-state index in [1.54, 1.807) is 37.4 Å². The third-order valence-corrected chi connectivity index (χ3v) is 4.61. The molecular formula is C15H13Cl2NO2S. The standard InChI is InChI=1S/C15H13Cl2NO2S/c1-20-11-5-2-4-10(8-11)18-14(19)9-21-15-12(16)6-3-7-13(15)17/h2-8H,9H2,1H3,(H,18,19). The molecule has 0 radical (unpaired) electrons. The molecule has 2 rings (SSSR count). The van der Waals surface area contributed by atoms with Gasteiger partial charge in [-0.05, 0) is 24.3 Å². The van der Waals surface area contributed by atoms with Crippen LogP contribution in [0.2, 0.25) is 10.0 Å². The number of amides is 1. The molecule has 1 N–H and O–H groups in total. The third-order valence-electron chi connectivity index (χ3n) is 2.62. The van der Waals surface area contributed by atoms with E-state index in [9.17, 15) is 4.79 Å². The van der Waals surface area contributed by atoms with E-state index in [4.69, 9.17) is 27.9 Å². The first-order valence-corrected chi connectivity index (χ1v) is 7.85. The molecule has 2 aromatic carbocycles. The number of methoxy groups -OCH3 is 1. The minimum atomic E-state index is -0.135. The van der Waals surface area contributed by atoms with Crippen molar-refractivity contribution in [3.63, 3.8) is 0 Å². The van der Waals surface area contributed by atoms with Crippen LogP contribution in [-0.4, -0.2) is 18.8 Å². The fourth-order valence-corrected chi connectivity index (χ4v) is 3.14. The molecule has 0 aliphatic heterocycles. The first kappa shape index (κ1) is 16.0. The van der Waals surface area contributed by atoms with Crippen LogP contribution in [0.3, 0.4) is 0 Å². The molecule has 110 valence electrons. The van der Waals surface area contributed by atoms with Crippen LogP contribution in [0, 0.1) is 0 Å². The summed E-state index contributed by atoms with van der Waals surface area (Å²) < 4.78 is 5.11. The number of hydrogen-bond donors (Lipinski definition) is 1. The fourth-order valence-electron chi connectivity index (χ4n) is 1.66. The van der Waals surface area contributed by atoms with Gasteiger partial charge in [-0.15, -0.1) is 11.8 Å². The van der Waals surface area contributed by atoms with Gasteiger partial charge in [0.15, 0.2) is 0 Å². The molecular weight excluding hydrogens is 329 g/mol. The summed E-state index contributed by atoms with van der Waals surface area (Å²) in [6.07, 6.45) is 0. The van der Waals surface area contributed by atoms with Crippen molar-refractivity contribution in [2.75, 3.05) is 18.2 Å². The first-order chi connectivity index (χ1) is 10.1. The number of halogens is 2. The minimum absolute atomic E-state index is 0.135. The Bertz CT molecular complexity index is 629. The van der Waals surface area contributed by atoms with Gasteiger partial charge in [0.05, 0.1) is 22.9 Å². The Kier molecular flexibility index (Phi) is 5.79. The second-order valence-electron chi connectivity index (χ2n) is 4.12. The monoisotopic (exact) mass is 341 g/mol. The van der Waals surface area contributed by atoms with Crippen LogP contribution < -0.4 is 10.1 Å². The molecule has 0 bridgehead atoms. The van der Waals surface area contributed by atoms with Gasteiger partial charge in [0, 0.05) is 16.6 Å². The van der Waals surface area contributed by atoms with Crippen LogP contribution in [0.25, 0.3) is 0 Å². The summed E-state index contributed by atoms with van der Waals surface area (Å²) in [5, 5.41) is 3.89. The van der Waals surface area contributed by atoms with E-state index in [2.05, 4.69) is 5.32 Å². The van der Waals surface area contributed by atoms with Crippen molar-refractivity contribution in [2.45, 2.75) is 4.90 Å². The lowest BCUT2D eigenvalue weighted by molar-refractivity contribution is -0.113. The van der Waals surface area contributed by atoms with Crippen LogP contribution in [0.5, 0.6) is 5.75 Å². The van der Waals surface area contributed by atoms with Gasteiger partial charge in [-0.3, -0.25) is 4.79 Å². The van der Waals surface area contributed by atoms with E-state index in [1.807, 2.05) is 12.1 Å². The molecule has 0 unspecified atom stereocenters. The van der Waals surface area contributed by atoms with Crippen LogP contribution in [-0.2, 0) is 4.79 Å². The van der Waals surface area contributed by atoms with Gasteiger partial charge in [0.25, 0.3) is 0 Å². The van der Waals surface area contributed by atoms with Gasteiger partial charge < -0.3 is 10.1 Å². The molecule has 0 fully saturated rings. The highest BCUT2D eigenvalue weighted by Crippen LogP contribution is 2.33.